The molecule has 0 aromatic carbocycles. The minimum Gasteiger partial charge on any atom is -0.394 e. The Morgan fingerprint density at radius 1 is 1.04 bits per heavy atom. The van der Waals surface area contributed by atoms with E-state index in [1.54, 1.807) is 0 Å². The largest absolute Gasteiger partial charge is 0.394 e. The summed E-state index contributed by atoms with van der Waals surface area (Å²) in [6.45, 7) is 11.0. The zero-order valence-corrected chi connectivity index (χ0v) is 14.8. The van der Waals surface area contributed by atoms with Crippen molar-refractivity contribution in [3.63, 3.8) is 0 Å². The van der Waals surface area contributed by atoms with Crippen LogP contribution in [0, 0.1) is 13.8 Å². The Hall–Kier alpha value is -0.910. The van der Waals surface area contributed by atoms with E-state index in [2.05, 4.69) is 28.7 Å². The summed E-state index contributed by atoms with van der Waals surface area (Å²) in [4.78, 5) is 5.33. The normalized spacial score (nSPS) is 24.2. The monoisotopic (exact) mass is 320 g/mol. The zero-order chi connectivity index (χ0) is 16.2. The lowest BCUT2D eigenvalue weighted by atomic mass is 10.1. The first-order valence-corrected chi connectivity index (χ1v) is 9.29. The smallest absolute Gasteiger partial charge is 0.0644 e. The maximum absolute atomic E-state index is 9.16. The Morgan fingerprint density at radius 3 is 2.57 bits per heavy atom. The van der Waals surface area contributed by atoms with Gasteiger partial charge >= 0.3 is 0 Å². The van der Waals surface area contributed by atoms with E-state index >= 15 is 0 Å². The van der Waals surface area contributed by atoms with E-state index in [1.165, 1.54) is 69.5 Å². The van der Waals surface area contributed by atoms with Crippen LogP contribution in [-0.2, 0) is 13.1 Å². The standard InChI is InChI=1S/C18H32N4O/c1-15-18(16(2)22(19-15)12-13-23)14-20-8-5-6-17(7-11-20)21-9-3-4-10-21/h17,23H,3-14H2,1-2H3. The van der Waals surface area contributed by atoms with Gasteiger partial charge in [0.2, 0.25) is 0 Å². The van der Waals surface area contributed by atoms with Crippen LogP contribution in [0.5, 0.6) is 0 Å². The summed E-state index contributed by atoms with van der Waals surface area (Å²) in [6, 6.07) is 0.807. The third-order valence-electron chi connectivity index (χ3n) is 5.67. The van der Waals surface area contributed by atoms with Gasteiger partial charge in [-0.2, -0.15) is 5.10 Å². The molecule has 5 heteroatoms. The van der Waals surface area contributed by atoms with Gasteiger partial charge < -0.3 is 10.0 Å². The van der Waals surface area contributed by atoms with Crippen molar-refractivity contribution in [3.8, 4) is 0 Å². The molecule has 0 saturated carbocycles. The first-order valence-electron chi connectivity index (χ1n) is 9.29. The van der Waals surface area contributed by atoms with Crippen LogP contribution in [-0.4, -0.2) is 63.5 Å². The lowest BCUT2D eigenvalue weighted by molar-refractivity contribution is 0.213. The fourth-order valence-electron chi connectivity index (χ4n) is 4.27. The van der Waals surface area contributed by atoms with Crippen molar-refractivity contribution in [2.75, 3.05) is 32.8 Å². The second-order valence-electron chi connectivity index (χ2n) is 7.20. The predicted octanol–water partition coefficient (Wildman–Crippen LogP) is 1.94. The van der Waals surface area contributed by atoms with Crippen molar-refractivity contribution in [2.45, 2.75) is 65.1 Å². The average Bonchev–Trinajstić information content (AvgIpc) is 3.07. The molecule has 1 atom stereocenters. The van der Waals surface area contributed by atoms with Crippen molar-refractivity contribution in [1.82, 2.24) is 19.6 Å². The molecule has 0 radical (unpaired) electrons. The SMILES string of the molecule is Cc1nn(CCO)c(C)c1CN1CCCC(N2CCCC2)CC1. The van der Waals surface area contributed by atoms with Crippen LogP contribution in [0.3, 0.4) is 0 Å². The minimum atomic E-state index is 0.155. The summed E-state index contributed by atoms with van der Waals surface area (Å²) in [7, 11) is 0. The number of likely N-dealkylation sites (tertiary alicyclic amines) is 2. The van der Waals surface area contributed by atoms with E-state index in [9.17, 15) is 0 Å². The lowest BCUT2D eigenvalue weighted by Crippen LogP contribution is -2.33. The Labute approximate surface area is 140 Å². The highest BCUT2D eigenvalue weighted by Crippen LogP contribution is 2.23. The van der Waals surface area contributed by atoms with Gasteiger partial charge in [-0.1, -0.05) is 0 Å². The quantitative estimate of drug-likeness (QED) is 0.900. The van der Waals surface area contributed by atoms with Crippen LogP contribution in [0.15, 0.2) is 0 Å². The van der Waals surface area contributed by atoms with Crippen LogP contribution in [0.1, 0.15) is 49.1 Å². The molecule has 1 aromatic rings. The lowest BCUT2D eigenvalue weighted by Gasteiger charge is -2.26. The predicted molar refractivity (Wildman–Crippen MR) is 92.5 cm³/mol. The third kappa shape index (κ3) is 3.95. The molecule has 2 fully saturated rings. The number of nitrogens with zero attached hydrogens (tertiary/aromatic N) is 4. The zero-order valence-electron chi connectivity index (χ0n) is 14.8. The molecule has 0 aliphatic carbocycles. The molecule has 5 nitrogen and oxygen atoms in total. The van der Waals surface area contributed by atoms with Crippen LogP contribution >= 0.6 is 0 Å². The van der Waals surface area contributed by atoms with E-state index in [1.807, 2.05) is 4.68 Å². The number of rotatable bonds is 5. The van der Waals surface area contributed by atoms with Crippen LogP contribution < -0.4 is 0 Å². The van der Waals surface area contributed by atoms with Gasteiger partial charge in [0.1, 0.15) is 0 Å². The fraction of sp³-hybridized carbons (Fsp3) is 0.833. The first-order chi connectivity index (χ1) is 11.2. The summed E-state index contributed by atoms with van der Waals surface area (Å²) in [6.07, 6.45) is 6.76. The van der Waals surface area contributed by atoms with Gasteiger partial charge in [-0.25, -0.2) is 0 Å². The highest BCUT2D eigenvalue weighted by Gasteiger charge is 2.25. The first kappa shape index (κ1) is 16.9. The molecule has 1 aromatic heterocycles. The minimum absolute atomic E-state index is 0.155. The Balaban J connectivity index is 1.60. The maximum Gasteiger partial charge on any atom is 0.0644 e. The number of aromatic nitrogens is 2. The van der Waals surface area contributed by atoms with Gasteiger partial charge in [0.15, 0.2) is 0 Å². The van der Waals surface area contributed by atoms with Crippen molar-refractivity contribution in [2.24, 2.45) is 0 Å². The van der Waals surface area contributed by atoms with Crippen molar-refractivity contribution >= 4 is 0 Å². The molecule has 1 N–H and O–H groups in total. The molecule has 23 heavy (non-hydrogen) atoms. The highest BCUT2D eigenvalue weighted by molar-refractivity contribution is 5.24. The van der Waals surface area contributed by atoms with Crippen molar-refractivity contribution in [1.29, 1.82) is 0 Å². The van der Waals surface area contributed by atoms with Crippen molar-refractivity contribution in [3.05, 3.63) is 17.0 Å². The Kier molecular flexibility index (Phi) is 5.72. The van der Waals surface area contributed by atoms with E-state index < -0.39 is 0 Å². The topological polar surface area (TPSA) is 44.5 Å². The van der Waals surface area contributed by atoms with E-state index in [0.29, 0.717) is 6.54 Å². The maximum atomic E-state index is 9.16. The van der Waals surface area contributed by atoms with E-state index in [4.69, 9.17) is 5.11 Å². The van der Waals surface area contributed by atoms with Gasteiger partial charge in [0.05, 0.1) is 18.8 Å². The second kappa shape index (κ2) is 7.77. The molecule has 3 rings (SSSR count). The molecule has 130 valence electrons. The third-order valence-corrected chi connectivity index (χ3v) is 5.67. The number of aliphatic hydroxyl groups excluding tert-OH is 1. The molecular formula is C18H32N4O. The van der Waals surface area contributed by atoms with Gasteiger partial charge in [-0.05, 0) is 72.1 Å². The highest BCUT2D eigenvalue weighted by atomic mass is 16.3. The van der Waals surface area contributed by atoms with Crippen LogP contribution in [0.2, 0.25) is 0 Å². The molecule has 0 bridgehead atoms. The fourth-order valence-corrected chi connectivity index (χ4v) is 4.27. The van der Waals surface area contributed by atoms with Gasteiger partial charge in [-0.3, -0.25) is 9.58 Å². The van der Waals surface area contributed by atoms with E-state index in [-0.39, 0.29) is 6.61 Å². The second-order valence-corrected chi connectivity index (χ2v) is 7.20. The van der Waals surface area contributed by atoms with Crippen molar-refractivity contribution < 1.29 is 5.11 Å². The molecule has 3 heterocycles. The molecule has 2 aliphatic heterocycles. The Bertz CT molecular complexity index is 507. The van der Waals surface area contributed by atoms with Gasteiger partial charge in [0, 0.05) is 23.8 Å². The summed E-state index contributed by atoms with van der Waals surface area (Å²) >= 11 is 0. The molecule has 0 spiro atoms. The van der Waals surface area contributed by atoms with Crippen LogP contribution in [0.25, 0.3) is 0 Å². The molecule has 2 aliphatic rings. The molecular weight excluding hydrogens is 288 g/mol. The summed E-state index contributed by atoms with van der Waals surface area (Å²) < 4.78 is 1.95. The summed E-state index contributed by atoms with van der Waals surface area (Å²) in [5.41, 5.74) is 3.70. The number of hydrogen-bond donors (Lipinski definition) is 1. The summed E-state index contributed by atoms with van der Waals surface area (Å²) in [5, 5.41) is 13.7. The number of aryl methyl sites for hydroxylation is 1. The Morgan fingerprint density at radius 2 is 1.83 bits per heavy atom. The number of aliphatic hydroxyl groups is 1. The van der Waals surface area contributed by atoms with Crippen LogP contribution in [0.4, 0.5) is 0 Å². The molecule has 2 saturated heterocycles. The molecule has 0 amide bonds. The van der Waals surface area contributed by atoms with E-state index in [0.717, 1.165) is 18.3 Å². The van der Waals surface area contributed by atoms with Gasteiger partial charge in [-0.15, -0.1) is 0 Å². The van der Waals surface area contributed by atoms with Gasteiger partial charge in [0.25, 0.3) is 0 Å². The summed E-state index contributed by atoms with van der Waals surface area (Å²) in [5.74, 6) is 0. The average molecular weight is 320 g/mol. The molecule has 1 unspecified atom stereocenters. The number of hydrogen-bond acceptors (Lipinski definition) is 4.